The molecule has 0 amide bonds. The second-order valence-corrected chi connectivity index (χ2v) is 3.87. The Morgan fingerprint density at radius 3 is 2.78 bits per heavy atom. The van der Waals surface area contributed by atoms with Gasteiger partial charge in [0, 0.05) is 12.7 Å². The van der Waals surface area contributed by atoms with E-state index in [-0.39, 0.29) is 0 Å². The number of rotatable bonds is 4. The highest BCUT2D eigenvalue weighted by Gasteiger charge is 2.09. The topological polar surface area (TPSA) is 59.9 Å². The van der Waals surface area contributed by atoms with Crippen LogP contribution in [0.2, 0.25) is 0 Å². The molecule has 0 atom stereocenters. The van der Waals surface area contributed by atoms with Gasteiger partial charge in [-0.25, -0.2) is 9.97 Å². The fraction of sp³-hybridized carbons (Fsp3) is 0.308. The van der Waals surface area contributed by atoms with E-state index in [2.05, 4.69) is 20.3 Å². The van der Waals surface area contributed by atoms with Gasteiger partial charge in [-0.15, -0.1) is 0 Å². The number of ether oxygens (including phenoxy) is 1. The maximum Gasteiger partial charge on any atom is 0.227 e. The lowest BCUT2D eigenvalue weighted by Gasteiger charge is -2.11. The minimum absolute atomic E-state index is 0.553. The zero-order valence-corrected chi connectivity index (χ0v) is 10.8. The molecule has 0 fully saturated rings. The van der Waals surface area contributed by atoms with Crippen LogP contribution in [0, 0.1) is 13.8 Å². The van der Waals surface area contributed by atoms with Crippen molar-refractivity contribution >= 4 is 5.82 Å². The lowest BCUT2D eigenvalue weighted by atomic mass is 10.3. The summed E-state index contributed by atoms with van der Waals surface area (Å²) in [5.74, 6) is 2.06. The lowest BCUT2D eigenvalue weighted by molar-refractivity contribution is 0.451. The van der Waals surface area contributed by atoms with Gasteiger partial charge in [-0.1, -0.05) is 0 Å². The number of anilines is 1. The van der Waals surface area contributed by atoms with Crippen molar-refractivity contribution in [2.45, 2.75) is 20.8 Å². The minimum atomic E-state index is 0.553. The van der Waals surface area contributed by atoms with Crippen molar-refractivity contribution in [3.8, 4) is 11.6 Å². The third-order valence-corrected chi connectivity index (χ3v) is 2.55. The van der Waals surface area contributed by atoms with Crippen molar-refractivity contribution in [1.82, 2.24) is 15.0 Å². The monoisotopic (exact) mass is 244 g/mol. The molecule has 1 N–H and O–H groups in total. The largest absolute Gasteiger partial charge is 0.437 e. The summed E-state index contributed by atoms with van der Waals surface area (Å²) in [5.41, 5.74) is 1.73. The van der Waals surface area contributed by atoms with E-state index in [1.54, 1.807) is 6.20 Å². The van der Waals surface area contributed by atoms with Crippen LogP contribution in [0.4, 0.5) is 5.82 Å². The summed E-state index contributed by atoms with van der Waals surface area (Å²) in [7, 11) is 0. The molecule has 0 unspecified atom stereocenters. The van der Waals surface area contributed by atoms with Crippen LogP contribution >= 0.6 is 0 Å². The van der Waals surface area contributed by atoms with E-state index in [9.17, 15) is 0 Å². The Labute approximate surface area is 106 Å². The second kappa shape index (κ2) is 5.44. The van der Waals surface area contributed by atoms with E-state index in [1.807, 2.05) is 32.9 Å². The van der Waals surface area contributed by atoms with Crippen molar-refractivity contribution < 1.29 is 4.74 Å². The Balaban J connectivity index is 2.30. The molecule has 0 saturated carbocycles. The Morgan fingerprint density at radius 1 is 1.22 bits per heavy atom. The molecule has 0 saturated heterocycles. The zero-order chi connectivity index (χ0) is 13.0. The SMILES string of the molecule is CCNc1ncnc(Oc2cccnc2C)c1C. The first-order chi connectivity index (χ1) is 8.72. The Kier molecular flexibility index (Phi) is 3.72. The van der Waals surface area contributed by atoms with Crippen LogP contribution < -0.4 is 10.1 Å². The molecule has 0 aromatic carbocycles. The van der Waals surface area contributed by atoms with Gasteiger partial charge in [0.2, 0.25) is 5.88 Å². The van der Waals surface area contributed by atoms with Crippen LogP contribution in [0.3, 0.4) is 0 Å². The molecule has 0 bridgehead atoms. The van der Waals surface area contributed by atoms with Gasteiger partial charge >= 0.3 is 0 Å². The molecule has 0 aliphatic carbocycles. The first-order valence-electron chi connectivity index (χ1n) is 5.87. The molecule has 0 aliphatic rings. The fourth-order valence-corrected chi connectivity index (χ4v) is 1.56. The number of nitrogens with one attached hydrogen (secondary N) is 1. The summed E-state index contributed by atoms with van der Waals surface area (Å²) in [6.45, 7) is 6.66. The molecule has 2 aromatic heterocycles. The van der Waals surface area contributed by atoms with E-state index < -0.39 is 0 Å². The van der Waals surface area contributed by atoms with Crippen LogP contribution in [0.1, 0.15) is 18.2 Å². The molecule has 5 heteroatoms. The predicted molar refractivity (Wildman–Crippen MR) is 70.0 cm³/mol. The van der Waals surface area contributed by atoms with Crippen molar-refractivity contribution in [1.29, 1.82) is 0 Å². The normalized spacial score (nSPS) is 10.2. The summed E-state index contributed by atoms with van der Waals surface area (Å²) in [4.78, 5) is 12.5. The average molecular weight is 244 g/mol. The third kappa shape index (κ3) is 2.56. The Morgan fingerprint density at radius 2 is 2.06 bits per heavy atom. The minimum Gasteiger partial charge on any atom is -0.437 e. The van der Waals surface area contributed by atoms with E-state index >= 15 is 0 Å². The smallest absolute Gasteiger partial charge is 0.227 e. The van der Waals surface area contributed by atoms with Gasteiger partial charge in [0.15, 0.2) is 5.75 Å². The number of hydrogen-bond donors (Lipinski definition) is 1. The van der Waals surface area contributed by atoms with Gasteiger partial charge in [-0.2, -0.15) is 0 Å². The maximum absolute atomic E-state index is 5.77. The van der Waals surface area contributed by atoms with E-state index in [0.717, 1.165) is 23.6 Å². The van der Waals surface area contributed by atoms with E-state index in [0.29, 0.717) is 11.6 Å². The summed E-state index contributed by atoms with van der Waals surface area (Å²) >= 11 is 0. The van der Waals surface area contributed by atoms with Gasteiger partial charge in [0.25, 0.3) is 0 Å². The number of aromatic nitrogens is 3. The quantitative estimate of drug-likeness (QED) is 0.896. The molecule has 2 aromatic rings. The maximum atomic E-state index is 5.77. The average Bonchev–Trinajstić information content (AvgIpc) is 2.37. The highest BCUT2D eigenvalue weighted by atomic mass is 16.5. The molecule has 94 valence electrons. The highest BCUT2D eigenvalue weighted by Crippen LogP contribution is 2.26. The molecule has 2 rings (SSSR count). The summed E-state index contributed by atoms with van der Waals surface area (Å²) in [6, 6.07) is 3.71. The summed E-state index contributed by atoms with van der Waals surface area (Å²) in [6.07, 6.45) is 3.23. The molecule has 0 radical (unpaired) electrons. The lowest BCUT2D eigenvalue weighted by Crippen LogP contribution is -2.04. The Hall–Kier alpha value is -2.17. The zero-order valence-electron chi connectivity index (χ0n) is 10.8. The van der Waals surface area contributed by atoms with Gasteiger partial charge < -0.3 is 10.1 Å². The molecular formula is C13H16N4O. The summed E-state index contributed by atoms with van der Waals surface area (Å²) < 4.78 is 5.77. The van der Waals surface area contributed by atoms with E-state index in [1.165, 1.54) is 6.33 Å². The summed E-state index contributed by atoms with van der Waals surface area (Å²) in [5, 5.41) is 3.17. The standard InChI is InChI=1S/C13H16N4O/c1-4-14-12-9(2)13(17-8-16-12)18-11-6-5-7-15-10(11)3/h5-8H,4H2,1-3H3,(H,14,16,17). The number of nitrogens with zero attached hydrogens (tertiary/aromatic N) is 3. The fourth-order valence-electron chi connectivity index (χ4n) is 1.56. The Bertz CT molecular complexity index is 542. The van der Waals surface area contributed by atoms with Gasteiger partial charge in [-0.05, 0) is 32.9 Å². The van der Waals surface area contributed by atoms with Crippen LogP contribution in [0.5, 0.6) is 11.6 Å². The first-order valence-corrected chi connectivity index (χ1v) is 5.87. The number of pyridine rings is 1. The molecule has 18 heavy (non-hydrogen) atoms. The molecule has 0 aliphatic heterocycles. The van der Waals surface area contributed by atoms with Crippen LogP contribution in [-0.4, -0.2) is 21.5 Å². The van der Waals surface area contributed by atoms with Crippen molar-refractivity contribution in [2.75, 3.05) is 11.9 Å². The van der Waals surface area contributed by atoms with Gasteiger partial charge in [-0.3, -0.25) is 4.98 Å². The van der Waals surface area contributed by atoms with Gasteiger partial charge in [0.05, 0.1) is 11.3 Å². The predicted octanol–water partition coefficient (Wildman–Crippen LogP) is 2.71. The highest BCUT2D eigenvalue weighted by molar-refractivity contribution is 5.48. The van der Waals surface area contributed by atoms with Crippen LogP contribution in [0.15, 0.2) is 24.7 Å². The number of aryl methyl sites for hydroxylation is 1. The van der Waals surface area contributed by atoms with E-state index in [4.69, 9.17) is 4.74 Å². The van der Waals surface area contributed by atoms with Crippen molar-refractivity contribution in [2.24, 2.45) is 0 Å². The van der Waals surface area contributed by atoms with Crippen LogP contribution in [-0.2, 0) is 0 Å². The first kappa shape index (κ1) is 12.3. The van der Waals surface area contributed by atoms with Crippen LogP contribution in [0.25, 0.3) is 0 Å². The number of hydrogen-bond acceptors (Lipinski definition) is 5. The second-order valence-electron chi connectivity index (χ2n) is 3.87. The van der Waals surface area contributed by atoms with Crippen molar-refractivity contribution in [3.05, 3.63) is 35.9 Å². The molecule has 0 spiro atoms. The molecular weight excluding hydrogens is 228 g/mol. The van der Waals surface area contributed by atoms with Crippen molar-refractivity contribution in [3.63, 3.8) is 0 Å². The third-order valence-electron chi connectivity index (χ3n) is 2.55. The molecule has 2 heterocycles. The van der Waals surface area contributed by atoms with Gasteiger partial charge in [0.1, 0.15) is 12.1 Å². The molecule has 5 nitrogen and oxygen atoms in total.